The molecule has 3 aromatic rings. The number of phenolic OH excluding ortho intramolecular Hbond substituents is 1. The molecule has 0 spiro atoms. The average Bonchev–Trinajstić information content (AvgIpc) is 2.99. The fourth-order valence-electron chi connectivity index (χ4n) is 2.32. The number of nitrogens with one attached hydrogen (secondary N) is 1. The van der Waals surface area contributed by atoms with Gasteiger partial charge in [-0.1, -0.05) is 0 Å². The van der Waals surface area contributed by atoms with E-state index in [9.17, 15) is 9.90 Å². The highest BCUT2D eigenvalue weighted by Crippen LogP contribution is 2.31. The molecule has 6 nitrogen and oxygen atoms in total. The predicted octanol–water partition coefficient (Wildman–Crippen LogP) is 3.12. The van der Waals surface area contributed by atoms with Crippen molar-refractivity contribution in [1.29, 1.82) is 0 Å². The number of hydrogen-bond acceptors (Lipinski definition) is 5. The van der Waals surface area contributed by atoms with Crippen molar-refractivity contribution in [1.82, 2.24) is 9.97 Å². The summed E-state index contributed by atoms with van der Waals surface area (Å²) in [6.07, 6.45) is 0. The largest absolute Gasteiger partial charge is 0.504 e. The van der Waals surface area contributed by atoms with Gasteiger partial charge in [0.05, 0.1) is 30.3 Å². The van der Waals surface area contributed by atoms with Crippen LogP contribution in [0.2, 0.25) is 0 Å². The maximum Gasteiger partial charge on any atom is 0.337 e. The summed E-state index contributed by atoms with van der Waals surface area (Å²) in [5.41, 5.74) is 2.70. The van der Waals surface area contributed by atoms with Crippen molar-refractivity contribution in [2.75, 3.05) is 13.7 Å². The molecule has 23 heavy (non-hydrogen) atoms. The molecule has 0 radical (unpaired) electrons. The number of methoxy groups -OCH3 is 1. The molecule has 118 valence electrons. The lowest BCUT2D eigenvalue weighted by atomic mass is 10.2. The van der Waals surface area contributed by atoms with Crippen LogP contribution in [0.25, 0.3) is 22.4 Å². The number of phenols is 1. The van der Waals surface area contributed by atoms with Crippen LogP contribution in [0.5, 0.6) is 11.5 Å². The first-order valence-electron chi connectivity index (χ1n) is 7.16. The van der Waals surface area contributed by atoms with Crippen LogP contribution in [0, 0.1) is 0 Å². The molecule has 6 heteroatoms. The Kier molecular flexibility index (Phi) is 3.89. The van der Waals surface area contributed by atoms with E-state index >= 15 is 0 Å². The van der Waals surface area contributed by atoms with Crippen molar-refractivity contribution >= 4 is 17.0 Å². The second-order valence-corrected chi connectivity index (χ2v) is 4.92. The van der Waals surface area contributed by atoms with E-state index in [4.69, 9.17) is 9.47 Å². The lowest BCUT2D eigenvalue weighted by Gasteiger charge is -2.06. The maximum absolute atomic E-state index is 11.6. The maximum atomic E-state index is 11.6. The Morgan fingerprint density at radius 1 is 1.26 bits per heavy atom. The Balaban J connectivity index is 2.03. The quantitative estimate of drug-likeness (QED) is 0.723. The van der Waals surface area contributed by atoms with Crippen molar-refractivity contribution in [2.24, 2.45) is 0 Å². The molecule has 0 amide bonds. The molecule has 0 aliphatic carbocycles. The number of fused-ring (bicyclic) bond motifs is 1. The number of aromatic hydroxyl groups is 1. The first kappa shape index (κ1) is 14.9. The topological polar surface area (TPSA) is 84.4 Å². The van der Waals surface area contributed by atoms with E-state index in [-0.39, 0.29) is 5.75 Å². The molecule has 0 fully saturated rings. The van der Waals surface area contributed by atoms with Gasteiger partial charge in [-0.25, -0.2) is 9.78 Å². The third-order valence-corrected chi connectivity index (χ3v) is 3.44. The Morgan fingerprint density at radius 2 is 2.09 bits per heavy atom. The molecule has 2 N–H and O–H groups in total. The molecular formula is C17H16N2O4. The molecule has 0 aliphatic heterocycles. The number of nitrogens with zero attached hydrogens (tertiary/aromatic N) is 1. The Hall–Kier alpha value is -3.02. The van der Waals surface area contributed by atoms with Crippen LogP contribution < -0.4 is 4.74 Å². The number of hydrogen-bond donors (Lipinski definition) is 2. The van der Waals surface area contributed by atoms with Crippen LogP contribution in [-0.2, 0) is 4.74 Å². The standard InChI is InChI=1S/C17H16N2O4/c1-3-23-15-9-10(5-7-14(15)20)16-18-12-6-4-11(17(21)22-2)8-13(12)19-16/h4-9,20H,3H2,1-2H3,(H,18,19). The van der Waals surface area contributed by atoms with Crippen LogP contribution in [0.3, 0.4) is 0 Å². The van der Waals surface area contributed by atoms with E-state index in [0.29, 0.717) is 23.7 Å². The van der Waals surface area contributed by atoms with E-state index < -0.39 is 5.97 Å². The van der Waals surface area contributed by atoms with Crippen LogP contribution in [0.15, 0.2) is 36.4 Å². The van der Waals surface area contributed by atoms with Gasteiger partial charge in [-0.2, -0.15) is 0 Å². The zero-order valence-corrected chi connectivity index (χ0v) is 12.8. The highest BCUT2D eigenvalue weighted by atomic mass is 16.5. The van der Waals surface area contributed by atoms with Gasteiger partial charge in [0.25, 0.3) is 0 Å². The number of aromatic nitrogens is 2. The van der Waals surface area contributed by atoms with E-state index in [1.807, 2.05) is 6.92 Å². The Bertz CT molecular complexity index is 870. The van der Waals surface area contributed by atoms with Crippen molar-refractivity contribution in [3.8, 4) is 22.9 Å². The van der Waals surface area contributed by atoms with Crippen molar-refractivity contribution in [3.63, 3.8) is 0 Å². The van der Waals surface area contributed by atoms with E-state index in [1.54, 1.807) is 36.4 Å². The number of imidazole rings is 1. The number of rotatable bonds is 4. The summed E-state index contributed by atoms with van der Waals surface area (Å²) in [4.78, 5) is 19.2. The number of aromatic amines is 1. The molecule has 0 aliphatic rings. The van der Waals surface area contributed by atoms with Gasteiger partial charge < -0.3 is 19.6 Å². The minimum absolute atomic E-state index is 0.0830. The fraction of sp³-hybridized carbons (Fsp3) is 0.176. The average molecular weight is 312 g/mol. The minimum Gasteiger partial charge on any atom is -0.504 e. The lowest BCUT2D eigenvalue weighted by molar-refractivity contribution is 0.0601. The summed E-state index contributed by atoms with van der Waals surface area (Å²) in [5, 5.41) is 9.77. The Labute approximate surface area is 132 Å². The lowest BCUT2D eigenvalue weighted by Crippen LogP contribution is -2.00. The monoisotopic (exact) mass is 312 g/mol. The minimum atomic E-state index is -0.397. The van der Waals surface area contributed by atoms with Crippen LogP contribution in [0.1, 0.15) is 17.3 Å². The van der Waals surface area contributed by atoms with Gasteiger partial charge in [0, 0.05) is 5.56 Å². The molecule has 2 aromatic carbocycles. The number of ether oxygens (including phenoxy) is 2. The predicted molar refractivity (Wildman–Crippen MR) is 85.7 cm³/mol. The summed E-state index contributed by atoms with van der Waals surface area (Å²) in [6, 6.07) is 10.1. The molecule has 0 bridgehead atoms. The Morgan fingerprint density at radius 3 is 2.83 bits per heavy atom. The van der Waals surface area contributed by atoms with Gasteiger partial charge in [-0.3, -0.25) is 0 Å². The van der Waals surface area contributed by atoms with Crippen molar-refractivity contribution < 1.29 is 19.4 Å². The highest BCUT2D eigenvalue weighted by Gasteiger charge is 2.11. The molecule has 0 atom stereocenters. The molecule has 1 heterocycles. The number of benzene rings is 2. The smallest absolute Gasteiger partial charge is 0.337 e. The summed E-state index contributed by atoms with van der Waals surface area (Å²) in [5.74, 6) is 0.717. The molecule has 1 aromatic heterocycles. The SMILES string of the molecule is CCOc1cc(-c2nc3ccc(C(=O)OC)cc3[nH]2)ccc1O. The third-order valence-electron chi connectivity index (χ3n) is 3.44. The van der Waals surface area contributed by atoms with E-state index in [0.717, 1.165) is 16.6 Å². The molecule has 0 saturated carbocycles. The summed E-state index contributed by atoms with van der Waals surface area (Å²) in [6.45, 7) is 2.31. The second kappa shape index (κ2) is 6.00. The second-order valence-electron chi connectivity index (χ2n) is 4.92. The van der Waals surface area contributed by atoms with Crippen LogP contribution in [-0.4, -0.2) is 34.8 Å². The van der Waals surface area contributed by atoms with Gasteiger partial charge in [0.2, 0.25) is 0 Å². The van der Waals surface area contributed by atoms with Crippen LogP contribution >= 0.6 is 0 Å². The molecule has 3 rings (SSSR count). The molecular weight excluding hydrogens is 296 g/mol. The van der Waals surface area contributed by atoms with E-state index in [1.165, 1.54) is 7.11 Å². The first-order valence-corrected chi connectivity index (χ1v) is 7.16. The molecule has 0 unspecified atom stereocenters. The van der Waals surface area contributed by atoms with Gasteiger partial charge in [0.1, 0.15) is 5.82 Å². The van der Waals surface area contributed by atoms with Gasteiger partial charge in [0.15, 0.2) is 11.5 Å². The highest BCUT2D eigenvalue weighted by molar-refractivity contribution is 5.94. The number of esters is 1. The van der Waals surface area contributed by atoms with E-state index in [2.05, 4.69) is 9.97 Å². The van der Waals surface area contributed by atoms with Gasteiger partial charge >= 0.3 is 5.97 Å². The zero-order valence-electron chi connectivity index (χ0n) is 12.8. The summed E-state index contributed by atoms with van der Waals surface area (Å²) < 4.78 is 10.1. The van der Waals surface area contributed by atoms with Gasteiger partial charge in [-0.05, 0) is 43.3 Å². The van der Waals surface area contributed by atoms with Crippen LogP contribution in [0.4, 0.5) is 0 Å². The zero-order chi connectivity index (χ0) is 16.4. The van der Waals surface area contributed by atoms with Gasteiger partial charge in [-0.15, -0.1) is 0 Å². The van der Waals surface area contributed by atoms with Crippen molar-refractivity contribution in [3.05, 3.63) is 42.0 Å². The third kappa shape index (κ3) is 2.83. The number of carbonyl (C=O) groups excluding carboxylic acids is 1. The first-order chi connectivity index (χ1) is 11.1. The summed E-state index contributed by atoms with van der Waals surface area (Å²) in [7, 11) is 1.34. The summed E-state index contributed by atoms with van der Waals surface area (Å²) >= 11 is 0. The number of H-pyrrole nitrogens is 1. The molecule has 0 saturated heterocycles. The number of carbonyl (C=O) groups is 1. The van der Waals surface area contributed by atoms with Crippen molar-refractivity contribution in [2.45, 2.75) is 6.92 Å². The fourth-order valence-corrected chi connectivity index (χ4v) is 2.32. The normalized spacial score (nSPS) is 10.7.